The number of ether oxygens (including phenoxy) is 2. The normalized spacial score (nSPS) is 29.2. The Morgan fingerprint density at radius 3 is 2.87 bits per heavy atom. The highest BCUT2D eigenvalue weighted by molar-refractivity contribution is 5.99. The van der Waals surface area contributed by atoms with E-state index in [0.29, 0.717) is 55.7 Å². The van der Waals surface area contributed by atoms with E-state index in [9.17, 15) is 9.18 Å². The summed E-state index contributed by atoms with van der Waals surface area (Å²) in [5.74, 6) is -0.179. The van der Waals surface area contributed by atoms with Crippen LogP contribution in [0.25, 0.3) is 33.1 Å². The quantitative estimate of drug-likeness (QED) is 0.291. The van der Waals surface area contributed by atoms with Gasteiger partial charge in [0.05, 0.1) is 35.2 Å². The zero-order valence-corrected chi connectivity index (χ0v) is 26.7. The lowest BCUT2D eigenvalue weighted by molar-refractivity contribution is -0.157. The first-order valence-corrected chi connectivity index (χ1v) is 17.1. The molecule has 2 atom stereocenters. The third-order valence-corrected chi connectivity index (χ3v) is 11.7. The Kier molecular flexibility index (Phi) is 6.71. The third-order valence-electron chi connectivity index (χ3n) is 11.7. The molecule has 1 spiro atoms. The minimum absolute atomic E-state index is 0.0242. The molecule has 3 aromatic heterocycles. The lowest BCUT2D eigenvalue weighted by Gasteiger charge is -2.52. The first kappa shape index (κ1) is 29.2. The maximum atomic E-state index is 17.1. The molecule has 1 aliphatic carbocycles. The van der Waals surface area contributed by atoms with Crippen molar-refractivity contribution in [1.29, 1.82) is 0 Å². The molecule has 4 fully saturated rings. The van der Waals surface area contributed by atoms with Gasteiger partial charge in [-0.2, -0.15) is 15.1 Å². The second-order valence-corrected chi connectivity index (χ2v) is 14.7. The molecule has 47 heavy (non-hydrogen) atoms. The first-order valence-electron chi connectivity index (χ1n) is 17.1. The molecule has 0 unspecified atom stereocenters. The van der Waals surface area contributed by atoms with Crippen molar-refractivity contribution in [3.63, 3.8) is 0 Å². The molecule has 3 saturated heterocycles. The zero-order valence-electron chi connectivity index (χ0n) is 26.7. The van der Waals surface area contributed by atoms with Crippen LogP contribution in [0.3, 0.4) is 0 Å². The minimum atomic E-state index is -0.884. The van der Waals surface area contributed by atoms with Crippen molar-refractivity contribution in [1.82, 2.24) is 30.0 Å². The number of benzene rings is 1. The molecule has 0 radical (unpaired) electrons. The first-order chi connectivity index (χ1) is 22.8. The molecule has 10 nitrogen and oxygen atoms in total. The minimum Gasteiger partial charge on any atom is -0.465 e. The molecule has 1 N–H and O–H groups in total. The Morgan fingerprint density at radius 1 is 1.11 bits per heavy atom. The highest BCUT2D eigenvalue weighted by Crippen LogP contribution is 2.53. The number of carbonyl (C=O) groups is 1. The van der Waals surface area contributed by atoms with Gasteiger partial charge in [-0.1, -0.05) is 0 Å². The summed E-state index contributed by atoms with van der Waals surface area (Å²) in [6, 6.07) is 2.11. The molecule has 1 saturated carbocycles. The fourth-order valence-electron chi connectivity index (χ4n) is 9.42. The van der Waals surface area contributed by atoms with Gasteiger partial charge in [0.1, 0.15) is 29.8 Å². The molecular weight excluding hydrogens is 604 g/mol. The van der Waals surface area contributed by atoms with E-state index >= 15 is 4.39 Å². The number of alkyl halides is 1. The molecular formula is C35H39F2N7O3. The van der Waals surface area contributed by atoms with Crippen molar-refractivity contribution in [2.45, 2.75) is 76.4 Å². The van der Waals surface area contributed by atoms with Crippen LogP contribution in [0.15, 0.2) is 18.5 Å². The van der Waals surface area contributed by atoms with Crippen LogP contribution in [-0.4, -0.2) is 87.1 Å². The van der Waals surface area contributed by atoms with Gasteiger partial charge < -0.3 is 14.4 Å². The van der Waals surface area contributed by atoms with Crippen molar-refractivity contribution >= 4 is 33.6 Å². The Bertz CT molecular complexity index is 1910. The van der Waals surface area contributed by atoms with Crippen LogP contribution in [0.5, 0.6) is 6.01 Å². The van der Waals surface area contributed by atoms with Crippen LogP contribution < -0.4 is 9.64 Å². The van der Waals surface area contributed by atoms with E-state index in [1.165, 1.54) is 0 Å². The van der Waals surface area contributed by atoms with Gasteiger partial charge >= 0.3 is 12.0 Å². The van der Waals surface area contributed by atoms with Crippen molar-refractivity contribution < 1.29 is 23.0 Å². The van der Waals surface area contributed by atoms with Gasteiger partial charge in [-0.15, -0.1) is 0 Å². The van der Waals surface area contributed by atoms with Gasteiger partial charge in [0, 0.05) is 43.2 Å². The van der Waals surface area contributed by atoms with Gasteiger partial charge in [-0.05, 0) is 87.4 Å². The fraction of sp³-hybridized carbons (Fsp3) is 0.571. The Morgan fingerprint density at radius 2 is 1.98 bits per heavy atom. The standard InChI is InChI=1S/C35H39F2N7O3/c1-20-11-26-24(16-39-42-26)27-23(20)5-2-10-46-32(45)21-12-34(13-21)6-3-8-43(18-34)31-25-15-38-30(27)28(37)29(25)40-33(41-31)47-19-35-7-4-9-44(35)17-22(36)14-35/h11,15-16,21-22H,2-10,12-14,17-19H2,1H3,(H,39,42)/t21?,22-,34?,35+/m1/s1. The smallest absolute Gasteiger partial charge is 0.319 e. The molecule has 0 amide bonds. The van der Waals surface area contributed by atoms with Crippen LogP contribution in [0.1, 0.15) is 62.5 Å². The number of halogens is 2. The Labute approximate surface area is 271 Å². The lowest BCUT2D eigenvalue weighted by Crippen LogP contribution is -2.52. The van der Waals surface area contributed by atoms with Gasteiger partial charge in [0.15, 0.2) is 5.82 Å². The maximum absolute atomic E-state index is 17.1. The summed E-state index contributed by atoms with van der Waals surface area (Å²) in [7, 11) is 0. The molecule has 12 heteroatoms. The molecule has 11 rings (SSSR count). The van der Waals surface area contributed by atoms with Crippen LogP contribution >= 0.6 is 0 Å². The van der Waals surface area contributed by atoms with Crippen molar-refractivity contribution in [3.05, 3.63) is 35.4 Å². The zero-order chi connectivity index (χ0) is 31.9. The number of anilines is 1. The third kappa shape index (κ3) is 4.69. The number of nitrogens with zero attached hydrogens (tertiary/aromatic N) is 6. The summed E-state index contributed by atoms with van der Waals surface area (Å²) in [6.45, 7) is 5.27. The number of esters is 1. The van der Waals surface area contributed by atoms with Gasteiger partial charge in [0.2, 0.25) is 0 Å². The largest absolute Gasteiger partial charge is 0.465 e. The summed E-state index contributed by atoms with van der Waals surface area (Å²) in [5, 5.41) is 8.58. The predicted octanol–water partition coefficient (Wildman–Crippen LogP) is 5.46. The number of fused-ring (bicyclic) bond motifs is 2. The average Bonchev–Trinajstić information content (AvgIpc) is 3.75. The average molecular weight is 644 g/mol. The second-order valence-electron chi connectivity index (χ2n) is 14.7. The van der Waals surface area contributed by atoms with Crippen LogP contribution in [-0.2, 0) is 16.0 Å². The SMILES string of the molecule is Cc1cc2[nH]ncc2c2c1CCCOC(=O)C1CC3(CCCN(C3)c3nc(OC[C@@]45CCCN4C[C@H](F)C5)nc4c(F)c-2ncc34)C1. The van der Waals surface area contributed by atoms with E-state index < -0.39 is 12.0 Å². The van der Waals surface area contributed by atoms with Crippen molar-refractivity contribution in [2.24, 2.45) is 11.3 Å². The van der Waals surface area contributed by atoms with Crippen molar-refractivity contribution in [2.75, 3.05) is 44.3 Å². The number of nitrogens with one attached hydrogen (secondary N) is 1. The number of hydrogen-bond donors (Lipinski definition) is 1. The number of carbonyl (C=O) groups excluding carboxylic acids is 1. The molecule has 6 aliphatic heterocycles. The van der Waals surface area contributed by atoms with Crippen molar-refractivity contribution in [3.8, 4) is 17.3 Å². The monoisotopic (exact) mass is 643 g/mol. The number of H-pyrrole nitrogens is 1. The Balaban J connectivity index is 1.20. The van der Waals surface area contributed by atoms with E-state index in [-0.39, 0.29) is 46.7 Å². The molecule has 7 bridgehead atoms. The highest BCUT2D eigenvalue weighted by atomic mass is 19.1. The number of aromatic amines is 1. The number of hydrogen-bond acceptors (Lipinski definition) is 9. The predicted molar refractivity (Wildman–Crippen MR) is 172 cm³/mol. The summed E-state index contributed by atoms with van der Waals surface area (Å²) in [5.41, 5.74) is 3.28. The van der Waals surface area contributed by atoms with Crippen LogP contribution in [0.2, 0.25) is 0 Å². The Hall–Kier alpha value is -3.93. The van der Waals surface area contributed by atoms with Gasteiger partial charge in [0.25, 0.3) is 0 Å². The van der Waals surface area contributed by atoms with E-state index in [0.717, 1.165) is 73.6 Å². The van der Waals surface area contributed by atoms with Gasteiger partial charge in [-0.3, -0.25) is 19.8 Å². The topological polar surface area (TPSA) is 109 Å². The molecule has 7 aliphatic rings. The summed E-state index contributed by atoms with van der Waals surface area (Å²) in [4.78, 5) is 31.8. The molecule has 1 aromatic carbocycles. The fourth-order valence-corrected chi connectivity index (χ4v) is 9.42. The van der Waals surface area contributed by atoms with Crippen LogP contribution in [0, 0.1) is 24.1 Å². The van der Waals surface area contributed by atoms with E-state index in [2.05, 4.69) is 20.0 Å². The number of rotatable bonds is 3. The summed E-state index contributed by atoms with van der Waals surface area (Å²) < 4.78 is 43.8. The number of aromatic nitrogens is 5. The highest BCUT2D eigenvalue weighted by Gasteiger charge is 2.51. The number of piperidine rings is 1. The van der Waals surface area contributed by atoms with Gasteiger partial charge in [-0.25, -0.2) is 8.78 Å². The van der Waals surface area contributed by atoms with Crippen LogP contribution in [0.4, 0.5) is 14.6 Å². The molecule has 4 aromatic rings. The van der Waals surface area contributed by atoms with E-state index in [1.807, 2.05) is 13.0 Å². The molecule has 9 heterocycles. The number of pyridine rings is 1. The van der Waals surface area contributed by atoms with E-state index in [4.69, 9.17) is 24.4 Å². The summed E-state index contributed by atoms with van der Waals surface area (Å²) >= 11 is 0. The number of aryl methyl sites for hydroxylation is 1. The maximum Gasteiger partial charge on any atom is 0.319 e. The van der Waals surface area contributed by atoms with E-state index in [1.54, 1.807) is 12.4 Å². The molecule has 246 valence electrons. The summed E-state index contributed by atoms with van der Waals surface area (Å²) in [6.07, 6.45) is 9.46. The second kappa shape index (κ2) is 10.8. The lowest BCUT2D eigenvalue weighted by atomic mass is 9.58.